The highest BCUT2D eigenvalue weighted by Gasteiger charge is 2.38. The maximum Gasteiger partial charge on any atom is 0.315 e. The number of rotatable bonds is 2. The van der Waals surface area contributed by atoms with Gasteiger partial charge in [-0.05, 0) is 33.2 Å². The van der Waals surface area contributed by atoms with Gasteiger partial charge in [-0.1, -0.05) is 0 Å². The number of fused-ring (bicyclic) bond motifs is 1. The van der Waals surface area contributed by atoms with Crippen molar-refractivity contribution in [2.75, 3.05) is 19.6 Å². The van der Waals surface area contributed by atoms with Crippen molar-refractivity contribution in [2.45, 2.75) is 38.8 Å². The fraction of sp³-hybridized carbons (Fsp3) is 0.833. The van der Waals surface area contributed by atoms with E-state index in [1.54, 1.807) is 4.90 Å². The molecular formula is C12H20N2O3. The summed E-state index contributed by atoms with van der Waals surface area (Å²) >= 11 is 0. The van der Waals surface area contributed by atoms with Gasteiger partial charge in [0.1, 0.15) is 5.92 Å². The molecule has 0 aliphatic carbocycles. The molecule has 1 N–H and O–H groups in total. The zero-order valence-corrected chi connectivity index (χ0v) is 10.4. The molecule has 5 nitrogen and oxygen atoms in total. The van der Waals surface area contributed by atoms with Gasteiger partial charge in [0.05, 0.1) is 0 Å². The third kappa shape index (κ3) is 2.29. The third-order valence-corrected chi connectivity index (χ3v) is 3.96. The fourth-order valence-corrected chi connectivity index (χ4v) is 2.85. The highest BCUT2D eigenvalue weighted by molar-refractivity contribution is 5.96. The smallest absolute Gasteiger partial charge is 0.315 e. The molecule has 0 aromatic rings. The van der Waals surface area contributed by atoms with E-state index in [4.69, 9.17) is 5.11 Å². The summed E-state index contributed by atoms with van der Waals surface area (Å²) in [7, 11) is 0. The fourth-order valence-electron chi connectivity index (χ4n) is 2.85. The molecular weight excluding hydrogens is 220 g/mol. The van der Waals surface area contributed by atoms with Gasteiger partial charge in [0.2, 0.25) is 5.91 Å². The zero-order valence-electron chi connectivity index (χ0n) is 10.4. The molecule has 3 unspecified atom stereocenters. The van der Waals surface area contributed by atoms with Gasteiger partial charge in [0.15, 0.2) is 0 Å². The molecule has 5 heteroatoms. The Morgan fingerprint density at radius 2 is 2.06 bits per heavy atom. The topological polar surface area (TPSA) is 60.9 Å². The maximum atomic E-state index is 12.1. The Morgan fingerprint density at radius 1 is 1.35 bits per heavy atom. The van der Waals surface area contributed by atoms with Gasteiger partial charge in [0.25, 0.3) is 0 Å². The Kier molecular flexibility index (Phi) is 3.38. The van der Waals surface area contributed by atoms with E-state index in [1.165, 1.54) is 13.3 Å². The van der Waals surface area contributed by atoms with Crippen LogP contribution >= 0.6 is 0 Å². The highest BCUT2D eigenvalue weighted by Crippen LogP contribution is 2.25. The Balaban J connectivity index is 2.05. The van der Waals surface area contributed by atoms with Crippen molar-refractivity contribution in [2.24, 2.45) is 5.92 Å². The van der Waals surface area contributed by atoms with Crippen molar-refractivity contribution in [1.29, 1.82) is 0 Å². The van der Waals surface area contributed by atoms with E-state index in [1.807, 2.05) is 6.92 Å². The van der Waals surface area contributed by atoms with Crippen molar-refractivity contribution < 1.29 is 14.7 Å². The first-order valence-corrected chi connectivity index (χ1v) is 6.28. The number of amides is 1. The van der Waals surface area contributed by atoms with Gasteiger partial charge in [0, 0.05) is 25.2 Å². The molecule has 2 aliphatic heterocycles. The lowest BCUT2D eigenvalue weighted by Crippen LogP contribution is -2.58. The predicted molar refractivity (Wildman–Crippen MR) is 62.6 cm³/mol. The van der Waals surface area contributed by atoms with Crippen LogP contribution < -0.4 is 0 Å². The number of nitrogens with zero attached hydrogens (tertiary/aromatic N) is 2. The average molecular weight is 240 g/mol. The first kappa shape index (κ1) is 12.4. The van der Waals surface area contributed by atoms with Crippen LogP contribution in [0.1, 0.15) is 26.7 Å². The molecule has 3 atom stereocenters. The minimum atomic E-state index is -1.03. The normalized spacial score (nSPS) is 31.1. The van der Waals surface area contributed by atoms with Gasteiger partial charge < -0.3 is 10.0 Å². The van der Waals surface area contributed by atoms with Crippen LogP contribution in [0.3, 0.4) is 0 Å². The van der Waals surface area contributed by atoms with Crippen molar-refractivity contribution in [3.8, 4) is 0 Å². The largest absolute Gasteiger partial charge is 0.481 e. The van der Waals surface area contributed by atoms with Gasteiger partial charge in [-0.25, -0.2) is 0 Å². The second kappa shape index (κ2) is 4.64. The highest BCUT2D eigenvalue weighted by atomic mass is 16.4. The number of hydrogen-bond acceptors (Lipinski definition) is 3. The van der Waals surface area contributed by atoms with Crippen LogP contribution in [0.5, 0.6) is 0 Å². The molecule has 2 rings (SSSR count). The summed E-state index contributed by atoms with van der Waals surface area (Å²) in [6.45, 7) is 6.16. The predicted octanol–water partition coefficient (Wildman–Crippen LogP) is 0.402. The van der Waals surface area contributed by atoms with E-state index in [2.05, 4.69) is 4.90 Å². The lowest BCUT2D eigenvalue weighted by atomic mass is 10.0. The molecule has 2 saturated heterocycles. The van der Waals surface area contributed by atoms with Crippen molar-refractivity contribution in [3.63, 3.8) is 0 Å². The van der Waals surface area contributed by atoms with Crippen LogP contribution in [0.25, 0.3) is 0 Å². The van der Waals surface area contributed by atoms with E-state index in [9.17, 15) is 9.59 Å². The Hall–Kier alpha value is -1.10. The molecule has 0 aromatic heterocycles. The van der Waals surface area contributed by atoms with E-state index in [-0.39, 0.29) is 11.9 Å². The molecule has 2 heterocycles. The number of carbonyl (C=O) groups excluding carboxylic acids is 1. The molecule has 0 spiro atoms. The summed E-state index contributed by atoms with van der Waals surface area (Å²) in [6.07, 6.45) is 2.31. The summed E-state index contributed by atoms with van der Waals surface area (Å²) in [5, 5.41) is 8.90. The quantitative estimate of drug-likeness (QED) is 0.710. The molecule has 2 aliphatic rings. The van der Waals surface area contributed by atoms with Crippen LogP contribution in [-0.2, 0) is 9.59 Å². The van der Waals surface area contributed by atoms with Gasteiger partial charge >= 0.3 is 5.97 Å². The second-order valence-electron chi connectivity index (χ2n) is 5.19. The van der Waals surface area contributed by atoms with Crippen molar-refractivity contribution >= 4 is 11.9 Å². The Morgan fingerprint density at radius 3 is 2.71 bits per heavy atom. The SMILES string of the molecule is CC(C(=O)O)C(=O)N1CC2CCCN2CC1C. The zero-order chi connectivity index (χ0) is 12.6. The summed E-state index contributed by atoms with van der Waals surface area (Å²) < 4.78 is 0. The molecule has 0 bridgehead atoms. The van der Waals surface area contributed by atoms with Gasteiger partial charge in [-0.3, -0.25) is 14.5 Å². The first-order chi connectivity index (χ1) is 8.00. The second-order valence-corrected chi connectivity index (χ2v) is 5.19. The summed E-state index contributed by atoms with van der Waals surface area (Å²) in [4.78, 5) is 27.1. The minimum Gasteiger partial charge on any atom is -0.481 e. The Labute approximate surface area is 101 Å². The first-order valence-electron chi connectivity index (χ1n) is 6.28. The van der Waals surface area contributed by atoms with Crippen LogP contribution in [0, 0.1) is 5.92 Å². The lowest BCUT2D eigenvalue weighted by molar-refractivity contribution is -0.153. The number of carbonyl (C=O) groups is 2. The summed E-state index contributed by atoms with van der Waals surface area (Å²) in [5.41, 5.74) is 0. The number of hydrogen-bond donors (Lipinski definition) is 1. The molecule has 0 radical (unpaired) electrons. The summed E-state index contributed by atoms with van der Waals surface area (Å²) in [5.74, 6) is -2.20. The molecule has 0 saturated carbocycles. The summed E-state index contributed by atoms with van der Waals surface area (Å²) in [6, 6.07) is 0.565. The number of carboxylic acids is 1. The van der Waals surface area contributed by atoms with Crippen molar-refractivity contribution in [3.05, 3.63) is 0 Å². The molecule has 17 heavy (non-hydrogen) atoms. The standard InChI is InChI=1S/C12H20N2O3/c1-8-6-13-5-3-4-10(13)7-14(8)11(15)9(2)12(16)17/h8-10H,3-7H2,1-2H3,(H,16,17). The number of carboxylic acid groups (broad SMARTS) is 1. The molecule has 2 fully saturated rings. The maximum absolute atomic E-state index is 12.1. The molecule has 1 amide bonds. The minimum absolute atomic E-state index is 0.124. The van der Waals surface area contributed by atoms with Gasteiger partial charge in [-0.2, -0.15) is 0 Å². The van der Waals surface area contributed by atoms with Gasteiger partial charge in [-0.15, -0.1) is 0 Å². The van der Waals surface area contributed by atoms with E-state index in [0.29, 0.717) is 12.6 Å². The average Bonchev–Trinajstić information content (AvgIpc) is 2.72. The van der Waals surface area contributed by atoms with Crippen LogP contribution in [0.4, 0.5) is 0 Å². The third-order valence-electron chi connectivity index (χ3n) is 3.96. The van der Waals surface area contributed by atoms with E-state index >= 15 is 0 Å². The van der Waals surface area contributed by atoms with Crippen LogP contribution in [-0.4, -0.2) is 58.5 Å². The Bertz CT molecular complexity index is 332. The van der Waals surface area contributed by atoms with E-state index in [0.717, 1.165) is 19.5 Å². The molecule has 0 aromatic carbocycles. The lowest BCUT2D eigenvalue weighted by Gasteiger charge is -2.42. The monoisotopic (exact) mass is 240 g/mol. The van der Waals surface area contributed by atoms with Crippen LogP contribution in [0.15, 0.2) is 0 Å². The molecule has 96 valence electrons. The van der Waals surface area contributed by atoms with E-state index < -0.39 is 11.9 Å². The van der Waals surface area contributed by atoms with Crippen molar-refractivity contribution in [1.82, 2.24) is 9.80 Å². The number of piperazine rings is 1. The van der Waals surface area contributed by atoms with Crippen LogP contribution in [0.2, 0.25) is 0 Å². The number of aliphatic carboxylic acids is 1.